The molecule has 0 saturated carbocycles. The molecule has 0 amide bonds. The van der Waals surface area contributed by atoms with Crippen molar-refractivity contribution < 1.29 is 5.11 Å². The lowest BCUT2D eigenvalue weighted by molar-refractivity contribution is 0.137. The second kappa shape index (κ2) is 5.38. The third-order valence-corrected chi connectivity index (χ3v) is 4.11. The summed E-state index contributed by atoms with van der Waals surface area (Å²) in [5, 5.41) is 10.1. The van der Waals surface area contributed by atoms with Crippen LogP contribution in [0.15, 0.2) is 12.5 Å². The topological polar surface area (TPSA) is 91.1 Å². The first-order valence-electron chi connectivity index (χ1n) is 7.16. The first kappa shape index (κ1) is 13.3. The summed E-state index contributed by atoms with van der Waals surface area (Å²) in [6, 6.07) is 0. The summed E-state index contributed by atoms with van der Waals surface area (Å²) >= 11 is 0. The average Bonchev–Trinajstić information content (AvgIpc) is 2.97. The molecular weight excluding hydrogens is 254 g/mol. The van der Waals surface area contributed by atoms with Gasteiger partial charge in [-0.3, -0.25) is 4.90 Å². The van der Waals surface area contributed by atoms with E-state index in [2.05, 4.69) is 26.8 Å². The molecule has 6 heteroatoms. The van der Waals surface area contributed by atoms with Gasteiger partial charge < -0.3 is 15.8 Å². The van der Waals surface area contributed by atoms with Gasteiger partial charge in [-0.25, -0.2) is 9.97 Å². The molecule has 0 spiro atoms. The maximum atomic E-state index is 10.1. The Balaban J connectivity index is 1.76. The number of aromatic nitrogens is 3. The van der Waals surface area contributed by atoms with Crippen LogP contribution >= 0.6 is 0 Å². The molecule has 4 N–H and O–H groups in total. The average molecular weight is 275 g/mol. The van der Waals surface area contributed by atoms with Crippen LogP contribution in [-0.2, 0) is 6.54 Å². The van der Waals surface area contributed by atoms with Crippen molar-refractivity contribution in [3.8, 4) is 0 Å². The third-order valence-electron chi connectivity index (χ3n) is 4.11. The van der Waals surface area contributed by atoms with Crippen LogP contribution in [0, 0.1) is 5.92 Å². The predicted molar refractivity (Wildman–Crippen MR) is 78.0 cm³/mol. The lowest BCUT2D eigenvalue weighted by Gasteiger charge is -2.14. The van der Waals surface area contributed by atoms with E-state index in [1.165, 1.54) is 6.33 Å². The van der Waals surface area contributed by atoms with Crippen molar-refractivity contribution in [3.05, 3.63) is 18.1 Å². The van der Waals surface area contributed by atoms with Gasteiger partial charge in [0.2, 0.25) is 0 Å². The molecule has 1 fully saturated rings. The minimum Gasteiger partial charge on any atom is -0.391 e. The van der Waals surface area contributed by atoms with E-state index in [9.17, 15) is 5.11 Å². The summed E-state index contributed by atoms with van der Waals surface area (Å²) in [4.78, 5) is 13.7. The summed E-state index contributed by atoms with van der Waals surface area (Å²) in [5.74, 6) is 0.872. The predicted octanol–water partition coefficient (Wildman–Crippen LogP) is 1.13. The van der Waals surface area contributed by atoms with Gasteiger partial charge in [0.1, 0.15) is 11.8 Å². The van der Waals surface area contributed by atoms with Gasteiger partial charge in [-0.1, -0.05) is 13.3 Å². The SMILES string of the molecule is CCCC1CN(Cc2c[nH]c3c(N)ncnc23)CC1O. The number of fused-ring (bicyclic) bond motifs is 1. The Bertz CT molecular complexity index is 596. The van der Waals surface area contributed by atoms with Crippen molar-refractivity contribution in [1.29, 1.82) is 0 Å². The maximum absolute atomic E-state index is 10.1. The minimum atomic E-state index is -0.208. The Labute approximate surface area is 118 Å². The van der Waals surface area contributed by atoms with Crippen LogP contribution in [0.3, 0.4) is 0 Å². The fourth-order valence-corrected chi connectivity index (χ4v) is 3.10. The molecule has 3 heterocycles. The normalized spacial score (nSPS) is 23.7. The molecule has 0 bridgehead atoms. The molecule has 2 aromatic heterocycles. The molecule has 0 radical (unpaired) electrons. The highest BCUT2D eigenvalue weighted by atomic mass is 16.3. The van der Waals surface area contributed by atoms with Gasteiger partial charge in [0.25, 0.3) is 0 Å². The van der Waals surface area contributed by atoms with Crippen molar-refractivity contribution in [2.24, 2.45) is 5.92 Å². The Morgan fingerprint density at radius 2 is 2.30 bits per heavy atom. The Morgan fingerprint density at radius 1 is 1.45 bits per heavy atom. The highest BCUT2D eigenvalue weighted by Gasteiger charge is 2.30. The molecular formula is C14H21N5O. The standard InChI is InChI=1S/C14H21N5O/c1-2-3-9-5-19(7-11(9)20)6-10-4-16-13-12(10)17-8-18-14(13)15/h4,8-9,11,16,20H,2-3,5-7H2,1H3,(H2,15,17,18). The fraction of sp³-hybridized carbons (Fsp3) is 0.571. The lowest BCUT2D eigenvalue weighted by Crippen LogP contribution is -2.21. The molecule has 1 saturated heterocycles. The molecule has 0 aromatic carbocycles. The van der Waals surface area contributed by atoms with Crippen LogP contribution in [-0.4, -0.2) is 44.2 Å². The number of aromatic amines is 1. The van der Waals surface area contributed by atoms with Crippen molar-refractivity contribution in [3.63, 3.8) is 0 Å². The van der Waals surface area contributed by atoms with E-state index in [1.807, 2.05) is 6.20 Å². The first-order chi connectivity index (χ1) is 9.69. The number of β-amino-alcohol motifs (C(OH)–C–C–N with tert-alkyl or cyclic N) is 1. The fourth-order valence-electron chi connectivity index (χ4n) is 3.10. The van der Waals surface area contributed by atoms with E-state index < -0.39 is 0 Å². The van der Waals surface area contributed by atoms with Crippen molar-refractivity contribution in [2.75, 3.05) is 18.8 Å². The summed E-state index contributed by atoms with van der Waals surface area (Å²) in [7, 11) is 0. The second-order valence-corrected chi connectivity index (χ2v) is 5.61. The second-order valence-electron chi connectivity index (χ2n) is 5.61. The van der Waals surface area contributed by atoms with E-state index in [0.29, 0.717) is 11.7 Å². The summed E-state index contributed by atoms with van der Waals surface area (Å²) in [5.41, 5.74) is 8.61. The number of nitrogens with zero attached hydrogens (tertiary/aromatic N) is 3. The number of aliphatic hydroxyl groups excluding tert-OH is 1. The molecule has 2 aromatic rings. The molecule has 108 valence electrons. The Hall–Kier alpha value is -1.66. The van der Waals surface area contributed by atoms with Crippen LogP contribution in [0.1, 0.15) is 25.3 Å². The maximum Gasteiger partial charge on any atom is 0.151 e. The van der Waals surface area contributed by atoms with Crippen LogP contribution in [0.5, 0.6) is 0 Å². The summed E-state index contributed by atoms with van der Waals surface area (Å²) in [6.07, 6.45) is 5.43. The van der Waals surface area contributed by atoms with E-state index in [1.54, 1.807) is 0 Å². The molecule has 0 aliphatic carbocycles. The number of rotatable bonds is 4. The largest absolute Gasteiger partial charge is 0.391 e. The number of aliphatic hydroxyl groups is 1. The zero-order valence-electron chi connectivity index (χ0n) is 11.7. The number of anilines is 1. The minimum absolute atomic E-state index is 0.208. The van der Waals surface area contributed by atoms with Crippen LogP contribution in [0.4, 0.5) is 5.82 Å². The number of nitrogens with one attached hydrogen (secondary N) is 1. The first-order valence-corrected chi connectivity index (χ1v) is 7.16. The molecule has 20 heavy (non-hydrogen) atoms. The molecule has 3 rings (SSSR count). The van der Waals surface area contributed by atoms with Gasteiger partial charge in [0.15, 0.2) is 5.82 Å². The molecule has 2 atom stereocenters. The monoisotopic (exact) mass is 275 g/mol. The lowest BCUT2D eigenvalue weighted by atomic mass is 10.0. The summed E-state index contributed by atoms with van der Waals surface area (Å²) in [6.45, 7) is 4.63. The highest BCUT2D eigenvalue weighted by Crippen LogP contribution is 2.26. The molecule has 1 aliphatic heterocycles. The van der Waals surface area contributed by atoms with Gasteiger partial charge >= 0.3 is 0 Å². The highest BCUT2D eigenvalue weighted by molar-refractivity contribution is 5.86. The van der Waals surface area contributed by atoms with Crippen LogP contribution < -0.4 is 5.73 Å². The van der Waals surface area contributed by atoms with E-state index in [4.69, 9.17) is 5.73 Å². The Morgan fingerprint density at radius 3 is 3.10 bits per heavy atom. The zero-order valence-corrected chi connectivity index (χ0v) is 11.7. The van der Waals surface area contributed by atoms with Gasteiger partial charge in [-0.05, 0) is 12.3 Å². The number of nitrogens with two attached hydrogens (primary N) is 1. The van der Waals surface area contributed by atoms with Crippen molar-refractivity contribution in [1.82, 2.24) is 19.9 Å². The van der Waals surface area contributed by atoms with Gasteiger partial charge in [-0.2, -0.15) is 0 Å². The molecule has 1 aliphatic rings. The smallest absolute Gasteiger partial charge is 0.151 e. The zero-order chi connectivity index (χ0) is 14.1. The van der Waals surface area contributed by atoms with E-state index in [0.717, 1.165) is 49.1 Å². The van der Waals surface area contributed by atoms with E-state index in [-0.39, 0.29) is 6.10 Å². The Kier molecular flexibility index (Phi) is 3.58. The third kappa shape index (κ3) is 2.36. The van der Waals surface area contributed by atoms with Crippen molar-refractivity contribution >= 4 is 16.9 Å². The number of hydrogen-bond donors (Lipinski definition) is 3. The van der Waals surface area contributed by atoms with Gasteiger partial charge in [-0.15, -0.1) is 0 Å². The number of H-pyrrole nitrogens is 1. The quantitative estimate of drug-likeness (QED) is 0.778. The van der Waals surface area contributed by atoms with Gasteiger partial charge in [0.05, 0.1) is 11.6 Å². The van der Waals surface area contributed by atoms with Crippen LogP contribution in [0.25, 0.3) is 11.0 Å². The summed E-state index contributed by atoms with van der Waals surface area (Å²) < 4.78 is 0. The number of likely N-dealkylation sites (tertiary alicyclic amines) is 1. The van der Waals surface area contributed by atoms with Crippen molar-refractivity contribution in [2.45, 2.75) is 32.4 Å². The molecule has 6 nitrogen and oxygen atoms in total. The van der Waals surface area contributed by atoms with E-state index >= 15 is 0 Å². The van der Waals surface area contributed by atoms with Gasteiger partial charge in [0, 0.05) is 31.4 Å². The number of hydrogen-bond acceptors (Lipinski definition) is 5. The van der Waals surface area contributed by atoms with Crippen LogP contribution in [0.2, 0.25) is 0 Å². The number of nitrogen functional groups attached to an aromatic ring is 1. The molecule has 2 unspecified atom stereocenters.